The van der Waals surface area contributed by atoms with Crippen molar-refractivity contribution in [1.29, 1.82) is 0 Å². The second-order valence-electron chi connectivity index (χ2n) is 6.69. The molecule has 8 heteroatoms. The van der Waals surface area contributed by atoms with Crippen LogP contribution in [-0.4, -0.2) is 24.5 Å². The minimum absolute atomic E-state index is 0.231. The number of nitrogens with zero attached hydrogens (tertiary/aromatic N) is 1. The first-order chi connectivity index (χ1) is 13.9. The van der Waals surface area contributed by atoms with Gasteiger partial charge in [0.15, 0.2) is 0 Å². The smallest absolute Gasteiger partial charge is 0.274 e. The molecule has 1 aromatic heterocycles. The van der Waals surface area contributed by atoms with Crippen molar-refractivity contribution in [2.24, 2.45) is 0 Å². The van der Waals surface area contributed by atoms with Crippen LogP contribution in [0.3, 0.4) is 0 Å². The highest BCUT2D eigenvalue weighted by Crippen LogP contribution is 2.21. The minimum atomic E-state index is -3.63. The fourth-order valence-corrected chi connectivity index (χ4v) is 4.20. The van der Waals surface area contributed by atoms with E-state index in [0.717, 1.165) is 23.1 Å². The molecule has 0 atom stereocenters. The number of hydroxylamine groups is 1. The number of hydrogen-bond donors (Lipinski definition) is 3. The zero-order valence-corrected chi connectivity index (χ0v) is 16.6. The third-order valence-electron chi connectivity index (χ3n) is 4.36. The SMILES string of the molecule is Cc1cc(Cc2cccnc2)ccc1NS(=O)(=O)Cc1ccc(C(=O)NO)cc1. The predicted molar refractivity (Wildman–Crippen MR) is 110 cm³/mol. The lowest BCUT2D eigenvalue weighted by Crippen LogP contribution is -2.19. The number of carbonyl (C=O) groups excluding carboxylic acids is 1. The highest BCUT2D eigenvalue weighted by Gasteiger charge is 2.14. The number of benzene rings is 2. The number of rotatable bonds is 7. The maximum atomic E-state index is 12.5. The van der Waals surface area contributed by atoms with Crippen molar-refractivity contribution in [3.05, 3.63) is 94.8 Å². The van der Waals surface area contributed by atoms with E-state index in [1.54, 1.807) is 18.5 Å². The summed E-state index contributed by atoms with van der Waals surface area (Å²) in [6, 6.07) is 15.5. The number of anilines is 1. The van der Waals surface area contributed by atoms with Crippen molar-refractivity contribution in [3.8, 4) is 0 Å². The molecule has 0 unspecified atom stereocenters. The van der Waals surface area contributed by atoms with Crippen LogP contribution in [-0.2, 0) is 22.2 Å². The van der Waals surface area contributed by atoms with E-state index < -0.39 is 15.9 Å². The van der Waals surface area contributed by atoms with Gasteiger partial charge in [0, 0.05) is 18.0 Å². The number of hydrogen-bond acceptors (Lipinski definition) is 5. The van der Waals surface area contributed by atoms with Crippen molar-refractivity contribution in [1.82, 2.24) is 10.5 Å². The van der Waals surface area contributed by atoms with Crippen LogP contribution in [0.15, 0.2) is 67.0 Å². The Morgan fingerprint density at radius 1 is 1.03 bits per heavy atom. The molecular formula is C21H21N3O4S. The van der Waals surface area contributed by atoms with Crippen molar-refractivity contribution < 1.29 is 18.4 Å². The Bertz CT molecular complexity index is 1100. The molecule has 0 radical (unpaired) electrons. The van der Waals surface area contributed by atoms with E-state index in [-0.39, 0.29) is 11.3 Å². The maximum Gasteiger partial charge on any atom is 0.274 e. The standard InChI is InChI=1S/C21H21N3O4S/c1-15-11-17(12-18-3-2-10-22-13-18)6-9-20(15)24-29(27,28)14-16-4-7-19(8-5-16)21(25)23-26/h2-11,13,24,26H,12,14H2,1H3,(H,23,25). The lowest BCUT2D eigenvalue weighted by molar-refractivity contribution is 0.0706. The largest absolute Gasteiger partial charge is 0.288 e. The molecule has 0 aliphatic rings. The van der Waals surface area contributed by atoms with Gasteiger partial charge in [0.25, 0.3) is 5.91 Å². The van der Waals surface area contributed by atoms with Crippen molar-refractivity contribution in [3.63, 3.8) is 0 Å². The molecule has 0 saturated heterocycles. The number of amides is 1. The molecule has 1 heterocycles. The van der Waals surface area contributed by atoms with Crippen molar-refractivity contribution >= 4 is 21.6 Å². The Morgan fingerprint density at radius 3 is 2.38 bits per heavy atom. The summed E-state index contributed by atoms with van der Waals surface area (Å²) < 4.78 is 27.7. The van der Waals surface area contributed by atoms with Gasteiger partial charge in [0.05, 0.1) is 11.4 Å². The number of sulfonamides is 1. The molecule has 7 nitrogen and oxygen atoms in total. The molecule has 0 fully saturated rings. The minimum Gasteiger partial charge on any atom is -0.288 e. The van der Waals surface area contributed by atoms with E-state index in [9.17, 15) is 13.2 Å². The van der Waals surface area contributed by atoms with E-state index in [4.69, 9.17) is 5.21 Å². The highest BCUT2D eigenvalue weighted by atomic mass is 32.2. The Labute approximate surface area is 169 Å². The van der Waals surface area contributed by atoms with Crippen molar-refractivity contribution in [2.75, 3.05) is 4.72 Å². The molecule has 29 heavy (non-hydrogen) atoms. The summed E-state index contributed by atoms with van der Waals surface area (Å²) in [5, 5.41) is 8.63. The van der Waals surface area contributed by atoms with Gasteiger partial charge in [-0.15, -0.1) is 0 Å². The molecule has 0 saturated carbocycles. The van der Waals surface area contributed by atoms with Gasteiger partial charge >= 0.3 is 0 Å². The van der Waals surface area contributed by atoms with Crippen molar-refractivity contribution in [2.45, 2.75) is 19.1 Å². The third kappa shape index (κ3) is 5.63. The van der Waals surface area contributed by atoms with Gasteiger partial charge in [-0.2, -0.15) is 0 Å². The molecule has 150 valence electrons. The van der Waals surface area contributed by atoms with E-state index in [1.807, 2.05) is 31.2 Å². The molecule has 3 rings (SSSR count). The molecule has 2 aromatic carbocycles. The molecule has 0 aliphatic heterocycles. The van der Waals surface area contributed by atoms with Gasteiger partial charge in [0.1, 0.15) is 0 Å². The lowest BCUT2D eigenvalue weighted by atomic mass is 10.0. The number of aryl methyl sites for hydroxylation is 1. The summed E-state index contributed by atoms with van der Waals surface area (Å²) in [5.74, 6) is -0.884. The maximum absolute atomic E-state index is 12.5. The summed E-state index contributed by atoms with van der Waals surface area (Å²) >= 11 is 0. The molecular weight excluding hydrogens is 390 g/mol. The first-order valence-electron chi connectivity index (χ1n) is 8.88. The number of aromatic nitrogens is 1. The zero-order chi connectivity index (χ0) is 20.9. The number of pyridine rings is 1. The van der Waals surface area contributed by atoms with E-state index >= 15 is 0 Å². The van der Waals surface area contributed by atoms with Crippen LogP contribution in [0.2, 0.25) is 0 Å². The van der Waals surface area contributed by atoms with Crippen LogP contribution < -0.4 is 10.2 Å². The van der Waals surface area contributed by atoms with Crippen LogP contribution in [0.25, 0.3) is 0 Å². The first-order valence-corrected chi connectivity index (χ1v) is 10.5. The average Bonchev–Trinajstić information content (AvgIpc) is 2.70. The summed E-state index contributed by atoms with van der Waals surface area (Å²) in [7, 11) is -3.63. The van der Waals surface area contributed by atoms with Gasteiger partial charge in [-0.1, -0.05) is 30.3 Å². The second kappa shape index (κ2) is 8.85. The molecule has 0 spiro atoms. The molecule has 1 amide bonds. The Kier molecular flexibility index (Phi) is 6.26. The summed E-state index contributed by atoms with van der Waals surface area (Å²) in [6.45, 7) is 1.85. The normalized spacial score (nSPS) is 11.1. The number of nitrogens with one attached hydrogen (secondary N) is 2. The summed E-state index contributed by atoms with van der Waals surface area (Å²) in [5.41, 5.74) is 5.79. The summed E-state index contributed by atoms with van der Waals surface area (Å²) in [4.78, 5) is 15.4. The Hall–Kier alpha value is -3.23. The first kappa shape index (κ1) is 20.5. The average molecular weight is 411 g/mol. The quantitative estimate of drug-likeness (QED) is 0.409. The molecule has 0 bridgehead atoms. The Balaban J connectivity index is 1.69. The Morgan fingerprint density at radius 2 is 1.76 bits per heavy atom. The number of carbonyl (C=O) groups is 1. The van der Waals surface area contributed by atoms with Crippen LogP contribution in [0.5, 0.6) is 0 Å². The van der Waals surface area contributed by atoms with Crippen LogP contribution in [0.1, 0.15) is 32.6 Å². The van der Waals surface area contributed by atoms with E-state index in [2.05, 4.69) is 9.71 Å². The van der Waals surface area contributed by atoms with Gasteiger partial charge in [-0.3, -0.25) is 19.7 Å². The highest BCUT2D eigenvalue weighted by molar-refractivity contribution is 7.91. The molecule has 3 N–H and O–H groups in total. The van der Waals surface area contributed by atoms with Crippen LogP contribution >= 0.6 is 0 Å². The van der Waals surface area contributed by atoms with E-state index in [0.29, 0.717) is 11.3 Å². The van der Waals surface area contributed by atoms with Gasteiger partial charge in [-0.25, -0.2) is 13.9 Å². The predicted octanol–water partition coefficient (Wildman–Crippen LogP) is 3.04. The van der Waals surface area contributed by atoms with Crippen LogP contribution in [0.4, 0.5) is 5.69 Å². The van der Waals surface area contributed by atoms with E-state index in [1.165, 1.54) is 29.7 Å². The van der Waals surface area contributed by atoms with Crippen LogP contribution in [0, 0.1) is 6.92 Å². The monoisotopic (exact) mass is 411 g/mol. The van der Waals surface area contributed by atoms with Gasteiger partial charge in [-0.05, 0) is 59.9 Å². The van der Waals surface area contributed by atoms with Gasteiger partial charge in [0.2, 0.25) is 10.0 Å². The molecule has 0 aliphatic carbocycles. The fraction of sp³-hybridized carbons (Fsp3) is 0.143. The van der Waals surface area contributed by atoms with Gasteiger partial charge < -0.3 is 0 Å². The molecule has 3 aromatic rings. The third-order valence-corrected chi connectivity index (χ3v) is 5.61. The fourth-order valence-electron chi connectivity index (χ4n) is 2.93. The summed E-state index contributed by atoms with van der Waals surface area (Å²) in [6.07, 6.45) is 4.25. The second-order valence-corrected chi connectivity index (χ2v) is 8.41. The lowest BCUT2D eigenvalue weighted by Gasteiger charge is -2.12. The topological polar surface area (TPSA) is 108 Å². The zero-order valence-electron chi connectivity index (χ0n) is 15.8.